The first-order chi connectivity index (χ1) is 13.6. The molecule has 2 fully saturated rings. The van der Waals surface area contributed by atoms with Crippen LogP contribution in [-0.2, 0) is 9.53 Å². The SMILES string of the molecule is CCNC(=NCC1CN(CC(C)C)CCO1)NCCNC(=O)C1CCCCC1.I. The summed E-state index contributed by atoms with van der Waals surface area (Å²) in [6, 6.07) is 0. The van der Waals surface area contributed by atoms with E-state index in [0.717, 1.165) is 51.6 Å². The van der Waals surface area contributed by atoms with Gasteiger partial charge in [0.2, 0.25) is 5.91 Å². The molecule has 1 saturated carbocycles. The molecule has 170 valence electrons. The third-order valence-electron chi connectivity index (χ3n) is 5.34. The number of morpholine rings is 1. The van der Waals surface area contributed by atoms with E-state index in [-0.39, 0.29) is 41.9 Å². The lowest BCUT2D eigenvalue weighted by Crippen LogP contribution is -2.46. The van der Waals surface area contributed by atoms with Gasteiger partial charge in [-0.3, -0.25) is 14.7 Å². The van der Waals surface area contributed by atoms with Gasteiger partial charge in [-0.25, -0.2) is 0 Å². The summed E-state index contributed by atoms with van der Waals surface area (Å²) in [6.45, 7) is 13.2. The van der Waals surface area contributed by atoms with Crippen molar-refractivity contribution in [1.82, 2.24) is 20.9 Å². The lowest BCUT2D eigenvalue weighted by atomic mass is 9.89. The largest absolute Gasteiger partial charge is 0.374 e. The molecule has 0 aromatic rings. The van der Waals surface area contributed by atoms with Crippen molar-refractivity contribution in [2.45, 2.75) is 59.0 Å². The van der Waals surface area contributed by atoms with Crippen LogP contribution in [0.15, 0.2) is 4.99 Å². The zero-order valence-corrected chi connectivity index (χ0v) is 20.9. The minimum atomic E-state index is 0. The van der Waals surface area contributed by atoms with Gasteiger partial charge in [-0.1, -0.05) is 33.1 Å². The summed E-state index contributed by atoms with van der Waals surface area (Å²) in [7, 11) is 0. The maximum absolute atomic E-state index is 12.2. The Morgan fingerprint density at radius 1 is 1.14 bits per heavy atom. The van der Waals surface area contributed by atoms with E-state index in [2.05, 4.69) is 46.6 Å². The fraction of sp³-hybridized carbons (Fsp3) is 0.905. The van der Waals surface area contributed by atoms with Crippen LogP contribution in [0.4, 0.5) is 0 Å². The number of carbonyl (C=O) groups is 1. The predicted molar refractivity (Wildman–Crippen MR) is 130 cm³/mol. The fourth-order valence-corrected chi connectivity index (χ4v) is 3.98. The summed E-state index contributed by atoms with van der Waals surface area (Å²) < 4.78 is 5.88. The van der Waals surface area contributed by atoms with Gasteiger partial charge in [0.25, 0.3) is 0 Å². The van der Waals surface area contributed by atoms with Crippen molar-refractivity contribution >= 4 is 35.8 Å². The van der Waals surface area contributed by atoms with Crippen LogP contribution in [0.25, 0.3) is 0 Å². The number of guanidine groups is 1. The molecule has 1 saturated heterocycles. The first-order valence-electron chi connectivity index (χ1n) is 11.2. The molecule has 0 aromatic carbocycles. The van der Waals surface area contributed by atoms with Gasteiger partial charge in [0.05, 0.1) is 19.3 Å². The van der Waals surface area contributed by atoms with Crippen LogP contribution in [0, 0.1) is 11.8 Å². The van der Waals surface area contributed by atoms with Gasteiger partial charge in [-0.15, -0.1) is 24.0 Å². The van der Waals surface area contributed by atoms with Gasteiger partial charge in [-0.2, -0.15) is 0 Å². The van der Waals surface area contributed by atoms with E-state index in [0.29, 0.717) is 25.6 Å². The van der Waals surface area contributed by atoms with E-state index in [9.17, 15) is 4.79 Å². The number of nitrogens with one attached hydrogen (secondary N) is 3. The van der Waals surface area contributed by atoms with Crippen LogP contribution >= 0.6 is 24.0 Å². The molecule has 29 heavy (non-hydrogen) atoms. The second-order valence-electron chi connectivity index (χ2n) is 8.42. The van der Waals surface area contributed by atoms with E-state index < -0.39 is 0 Å². The second kappa shape index (κ2) is 15.2. The van der Waals surface area contributed by atoms with Gasteiger partial charge in [0.1, 0.15) is 0 Å². The Kier molecular flexibility index (Phi) is 13.9. The van der Waals surface area contributed by atoms with Crippen LogP contribution in [0.2, 0.25) is 0 Å². The smallest absolute Gasteiger partial charge is 0.223 e. The van der Waals surface area contributed by atoms with Crippen LogP contribution in [-0.4, -0.2) is 75.3 Å². The number of halogens is 1. The summed E-state index contributed by atoms with van der Waals surface area (Å²) in [5, 5.41) is 9.65. The van der Waals surface area contributed by atoms with E-state index in [1.165, 1.54) is 19.3 Å². The molecule has 0 aromatic heterocycles. The highest BCUT2D eigenvalue weighted by Gasteiger charge is 2.21. The lowest BCUT2D eigenvalue weighted by Gasteiger charge is -2.33. The Labute approximate surface area is 194 Å². The summed E-state index contributed by atoms with van der Waals surface area (Å²) in [6.07, 6.45) is 5.87. The molecule has 1 amide bonds. The zero-order chi connectivity index (χ0) is 20.2. The second-order valence-corrected chi connectivity index (χ2v) is 8.42. The molecular weight excluding hydrogens is 481 g/mol. The van der Waals surface area contributed by atoms with Crippen molar-refractivity contribution in [3.63, 3.8) is 0 Å². The molecule has 2 rings (SSSR count). The first kappa shape index (κ1) is 26.4. The molecule has 1 atom stereocenters. The van der Waals surface area contributed by atoms with Crippen molar-refractivity contribution in [3.05, 3.63) is 0 Å². The number of ether oxygens (including phenoxy) is 1. The van der Waals surface area contributed by atoms with Crippen LogP contribution in [0.1, 0.15) is 52.9 Å². The minimum absolute atomic E-state index is 0. The topological polar surface area (TPSA) is 78.0 Å². The van der Waals surface area contributed by atoms with Crippen molar-refractivity contribution < 1.29 is 9.53 Å². The van der Waals surface area contributed by atoms with Gasteiger partial charge in [0, 0.05) is 45.2 Å². The maximum Gasteiger partial charge on any atom is 0.223 e. The van der Waals surface area contributed by atoms with E-state index in [4.69, 9.17) is 4.74 Å². The molecule has 0 radical (unpaired) electrons. The average molecular weight is 524 g/mol. The normalized spacial score (nSPS) is 21.5. The number of nitrogens with zero attached hydrogens (tertiary/aromatic N) is 2. The number of carbonyl (C=O) groups excluding carboxylic acids is 1. The molecule has 2 aliphatic rings. The third kappa shape index (κ3) is 10.8. The van der Waals surface area contributed by atoms with Crippen molar-refractivity contribution in [2.75, 3.05) is 52.4 Å². The Hall–Kier alpha value is -0.610. The van der Waals surface area contributed by atoms with Crippen LogP contribution in [0.5, 0.6) is 0 Å². The molecule has 1 aliphatic carbocycles. The van der Waals surface area contributed by atoms with Gasteiger partial charge >= 0.3 is 0 Å². The van der Waals surface area contributed by atoms with Gasteiger partial charge in [0.15, 0.2) is 5.96 Å². The molecule has 1 unspecified atom stereocenters. The zero-order valence-electron chi connectivity index (χ0n) is 18.5. The fourth-order valence-electron chi connectivity index (χ4n) is 3.98. The highest BCUT2D eigenvalue weighted by Crippen LogP contribution is 2.23. The van der Waals surface area contributed by atoms with E-state index in [1.54, 1.807) is 0 Å². The van der Waals surface area contributed by atoms with Crippen molar-refractivity contribution in [2.24, 2.45) is 16.8 Å². The molecule has 1 aliphatic heterocycles. The highest BCUT2D eigenvalue weighted by molar-refractivity contribution is 14.0. The summed E-state index contributed by atoms with van der Waals surface area (Å²) in [5.41, 5.74) is 0. The maximum atomic E-state index is 12.2. The average Bonchev–Trinajstić information content (AvgIpc) is 2.69. The Morgan fingerprint density at radius 3 is 2.55 bits per heavy atom. The number of rotatable bonds is 9. The quantitative estimate of drug-likeness (QED) is 0.187. The molecule has 0 bridgehead atoms. The monoisotopic (exact) mass is 523 g/mol. The Balaban J connectivity index is 0.00000420. The highest BCUT2D eigenvalue weighted by atomic mass is 127. The van der Waals surface area contributed by atoms with Gasteiger partial charge < -0.3 is 20.7 Å². The number of aliphatic imine (C=N–C) groups is 1. The van der Waals surface area contributed by atoms with Gasteiger partial charge in [-0.05, 0) is 25.7 Å². The van der Waals surface area contributed by atoms with Crippen molar-refractivity contribution in [3.8, 4) is 0 Å². The van der Waals surface area contributed by atoms with Crippen LogP contribution < -0.4 is 16.0 Å². The first-order valence-corrected chi connectivity index (χ1v) is 11.2. The third-order valence-corrected chi connectivity index (χ3v) is 5.34. The number of hydrogen-bond donors (Lipinski definition) is 3. The lowest BCUT2D eigenvalue weighted by molar-refractivity contribution is -0.125. The number of hydrogen-bond acceptors (Lipinski definition) is 4. The molecular formula is C21H42IN5O2. The molecule has 0 spiro atoms. The van der Waals surface area contributed by atoms with E-state index >= 15 is 0 Å². The summed E-state index contributed by atoms with van der Waals surface area (Å²) >= 11 is 0. The Morgan fingerprint density at radius 2 is 1.86 bits per heavy atom. The molecule has 7 nitrogen and oxygen atoms in total. The Bertz CT molecular complexity index is 484. The summed E-state index contributed by atoms with van der Waals surface area (Å²) in [4.78, 5) is 19.4. The standard InChI is InChI=1S/C21H41N5O2.HI/c1-4-22-21(24-11-10-23-20(27)18-8-6-5-7-9-18)25-14-19-16-26(12-13-28-19)15-17(2)3;/h17-19H,4-16H2,1-3H3,(H,23,27)(H2,22,24,25);1H. The predicted octanol–water partition coefficient (Wildman–Crippen LogP) is 2.21. The molecule has 8 heteroatoms. The molecule has 1 heterocycles. The number of amides is 1. The van der Waals surface area contributed by atoms with Crippen LogP contribution in [0.3, 0.4) is 0 Å². The van der Waals surface area contributed by atoms with E-state index in [1.807, 2.05) is 0 Å². The van der Waals surface area contributed by atoms with Crippen molar-refractivity contribution in [1.29, 1.82) is 0 Å². The molecule has 3 N–H and O–H groups in total. The minimum Gasteiger partial charge on any atom is -0.374 e. The summed E-state index contributed by atoms with van der Waals surface area (Å²) in [5.74, 6) is 1.89.